The fourth-order valence-corrected chi connectivity index (χ4v) is 5.11. The smallest absolute Gasteiger partial charge is 0.244 e. The predicted octanol–water partition coefficient (Wildman–Crippen LogP) is 2.36. The molecular formula is C13H22N2O2S2. The van der Waals surface area contributed by atoms with Crippen molar-refractivity contribution in [1.29, 1.82) is 0 Å². The van der Waals surface area contributed by atoms with Crippen LogP contribution in [-0.2, 0) is 16.6 Å². The zero-order chi connectivity index (χ0) is 14.6. The quantitative estimate of drug-likeness (QED) is 0.787. The van der Waals surface area contributed by atoms with Gasteiger partial charge in [0.1, 0.15) is 0 Å². The lowest BCUT2D eigenvalue weighted by molar-refractivity contribution is 0.383. The predicted molar refractivity (Wildman–Crippen MR) is 81.0 cm³/mol. The molecule has 0 aliphatic carbocycles. The number of rotatable bonds is 7. The number of aryl methyl sites for hydroxylation is 1. The SMILES string of the molecule is C=CCN(C(C)C)S(=O)(=O)c1cc(CNC)sc1C. The summed E-state index contributed by atoms with van der Waals surface area (Å²) in [5, 5.41) is 3.04. The van der Waals surface area contributed by atoms with Gasteiger partial charge in [0.05, 0.1) is 4.90 Å². The number of nitrogens with one attached hydrogen (secondary N) is 1. The Kier molecular flexibility index (Phi) is 5.73. The zero-order valence-electron chi connectivity index (χ0n) is 11.9. The van der Waals surface area contributed by atoms with Gasteiger partial charge in [-0.25, -0.2) is 8.42 Å². The minimum atomic E-state index is -3.45. The summed E-state index contributed by atoms with van der Waals surface area (Å²) in [6, 6.07) is 1.68. The molecule has 1 aromatic heterocycles. The van der Waals surface area contributed by atoms with Crippen molar-refractivity contribution in [2.45, 2.75) is 38.3 Å². The second-order valence-electron chi connectivity index (χ2n) is 4.62. The van der Waals surface area contributed by atoms with E-state index >= 15 is 0 Å². The summed E-state index contributed by atoms with van der Waals surface area (Å²) in [5.41, 5.74) is 0. The molecule has 0 spiro atoms. The molecule has 1 rings (SSSR count). The van der Waals surface area contributed by atoms with Crippen LogP contribution < -0.4 is 5.32 Å². The second kappa shape index (κ2) is 6.65. The summed E-state index contributed by atoms with van der Waals surface area (Å²) in [4.78, 5) is 2.28. The Bertz CT molecular complexity index is 533. The molecule has 0 aliphatic rings. The zero-order valence-corrected chi connectivity index (χ0v) is 13.6. The molecule has 0 unspecified atom stereocenters. The average molecular weight is 302 g/mol. The van der Waals surface area contributed by atoms with Crippen molar-refractivity contribution in [3.63, 3.8) is 0 Å². The maximum atomic E-state index is 12.7. The number of hydrogen-bond donors (Lipinski definition) is 1. The van der Waals surface area contributed by atoms with Crippen molar-refractivity contribution in [2.24, 2.45) is 0 Å². The molecule has 0 radical (unpaired) electrons. The second-order valence-corrected chi connectivity index (χ2v) is 7.82. The van der Waals surface area contributed by atoms with Crippen LogP contribution in [0.15, 0.2) is 23.6 Å². The Morgan fingerprint density at radius 1 is 1.53 bits per heavy atom. The van der Waals surface area contributed by atoms with Crippen LogP contribution in [0.4, 0.5) is 0 Å². The number of nitrogens with zero attached hydrogens (tertiary/aromatic N) is 1. The lowest BCUT2D eigenvalue weighted by Gasteiger charge is -2.24. The fourth-order valence-electron chi connectivity index (χ4n) is 1.88. The fraction of sp³-hybridized carbons (Fsp3) is 0.538. The molecule has 108 valence electrons. The van der Waals surface area contributed by atoms with Crippen LogP contribution in [0.3, 0.4) is 0 Å². The average Bonchev–Trinajstić information content (AvgIpc) is 2.67. The molecule has 0 amide bonds. The van der Waals surface area contributed by atoms with Crippen molar-refractivity contribution in [1.82, 2.24) is 9.62 Å². The van der Waals surface area contributed by atoms with Crippen LogP contribution in [0.25, 0.3) is 0 Å². The Hall–Kier alpha value is -0.690. The van der Waals surface area contributed by atoms with Gasteiger partial charge in [0.25, 0.3) is 0 Å². The number of thiophene rings is 1. The minimum absolute atomic E-state index is 0.0879. The minimum Gasteiger partial charge on any atom is -0.315 e. The highest BCUT2D eigenvalue weighted by Crippen LogP contribution is 2.29. The molecule has 0 fully saturated rings. The van der Waals surface area contributed by atoms with Gasteiger partial charge in [0.2, 0.25) is 10.0 Å². The van der Waals surface area contributed by atoms with Gasteiger partial charge in [-0.1, -0.05) is 6.08 Å². The third-order valence-corrected chi connectivity index (χ3v) is 6.09. The molecule has 0 saturated carbocycles. The van der Waals surface area contributed by atoms with E-state index in [1.165, 1.54) is 15.6 Å². The van der Waals surface area contributed by atoms with Crippen LogP contribution in [-0.4, -0.2) is 32.4 Å². The molecule has 0 bridgehead atoms. The molecule has 0 aliphatic heterocycles. The van der Waals surface area contributed by atoms with Gasteiger partial charge in [0.15, 0.2) is 0 Å². The number of sulfonamides is 1. The van der Waals surface area contributed by atoms with Crippen molar-refractivity contribution in [3.8, 4) is 0 Å². The Labute approximate surface area is 120 Å². The van der Waals surface area contributed by atoms with Gasteiger partial charge >= 0.3 is 0 Å². The lowest BCUT2D eigenvalue weighted by Crippen LogP contribution is -2.37. The summed E-state index contributed by atoms with van der Waals surface area (Å²) in [6.07, 6.45) is 1.62. The van der Waals surface area contributed by atoms with Crippen LogP contribution in [0.1, 0.15) is 23.6 Å². The third-order valence-electron chi connectivity index (χ3n) is 2.75. The van der Waals surface area contributed by atoms with Gasteiger partial charge in [0, 0.05) is 28.9 Å². The highest BCUT2D eigenvalue weighted by Gasteiger charge is 2.28. The normalized spacial score (nSPS) is 12.3. The largest absolute Gasteiger partial charge is 0.315 e. The highest BCUT2D eigenvalue weighted by atomic mass is 32.2. The van der Waals surface area contributed by atoms with Crippen LogP contribution in [0.2, 0.25) is 0 Å². The van der Waals surface area contributed by atoms with Gasteiger partial charge in [-0.2, -0.15) is 4.31 Å². The third kappa shape index (κ3) is 3.66. The van der Waals surface area contributed by atoms with E-state index in [0.717, 1.165) is 9.75 Å². The molecule has 4 nitrogen and oxygen atoms in total. The standard InChI is InChI=1S/C13H22N2O2S2/c1-6-7-15(10(2)3)19(16,17)13-8-12(9-14-5)18-11(13)4/h6,8,10,14H,1,7,9H2,2-5H3. The van der Waals surface area contributed by atoms with Crippen LogP contribution >= 0.6 is 11.3 Å². The van der Waals surface area contributed by atoms with Crippen LogP contribution in [0.5, 0.6) is 0 Å². The first kappa shape index (κ1) is 16.4. The van der Waals surface area contributed by atoms with E-state index in [2.05, 4.69) is 11.9 Å². The van der Waals surface area contributed by atoms with E-state index in [-0.39, 0.29) is 6.04 Å². The monoisotopic (exact) mass is 302 g/mol. The van der Waals surface area contributed by atoms with Gasteiger partial charge in [-0.3, -0.25) is 0 Å². The highest BCUT2D eigenvalue weighted by molar-refractivity contribution is 7.89. The summed E-state index contributed by atoms with van der Waals surface area (Å²) in [7, 11) is -1.60. The van der Waals surface area contributed by atoms with Crippen molar-refractivity contribution in [2.75, 3.05) is 13.6 Å². The number of hydrogen-bond acceptors (Lipinski definition) is 4. The first-order valence-corrected chi connectivity index (χ1v) is 8.46. The molecule has 0 atom stereocenters. The van der Waals surface area contributed by atoms with E-state index in [9.17, 15) is 8.42 Å². The van der Waals surface area contributed by atoms with E-state index in [1.807, 2.05) is 27.8 Å². The maximum absolute atomic E-state index is 12.7. The molecule has 1 aromatic rings. The summed E-state index contributed by atoms with van der Waals surface area (Å²) in [6.45, 7) is 10.2. The maximum Gasteiger partial charge on any atom is 0.244 e. The van der Waals surface area contributed by atoms with Gasteiger partial charge < -0.3 is 5.32 Å². The van der Waals surface area contributed by atoms with E-state index in [0.29, 0.717) is 18.0 Å². The Morgan fingerprint density at radius 3 is 2.63 bits per heavy atom. The van der Waals surface area contributed by atoms with E-state index < -0.39 is 10.0 Å². The van der Waals surface area contributed by atoms with Gasteiger partial charge in [-0.15, -0.1) is 17.9 Å². The van der Waals surface area contributed by atoms with Gasteiger partial charge in [-0.05, 0) is 33.9 Å². The first-order valence-electron chi connectivity index (χ1n) is 6.21. The molecule has 0 aromatic carbocycles. The van der Waals surface area contributed by atoms with Crippen molar-refractivity contribution in [3.05, 3.63) is 28.5 Å². The molecule has 1 heterocycles. The van der Waals surface area contributed by atoms with E-state index in [1.54, 1.807) is 12.1 Å². The summed E-state index contributed by atoms with van der Waals surface area (Å²) < 4.78 is 26.8. The van der Waals surface area contributed by atoms with Crippen LogP contribution in [0, 0.1) is 6.92 Å². The Balaban J connectivity index is 3.21. The molecular weight excluding hydrogens is 280 g/mol. The summed E-state index contributed by atoms with van der Waals surface area (Å²) in [5.74, 6) is 0. The lowest BCUT2D eigenvalue weighted by atomic mass is 10.4. The first-order chi connectivity index (χ1) is 8.84. The van der Waals surface area contributed by atoms with Crippen molar-refractivity contribution >= 4 is 21.4 Å². The molecule has 6 heteroatoms. The summed E-state index contributed by atoms with van der Waals surface area (Å²) >= 11 is 1.52. The molecule has 0 saturated heterocycles. The van der Waals surface area contributed by atoms with Crippen molar-refractivity contribution < 1.29 is 8.42 Å². The topological polar surface area (TPSA) is 49.4 Å². The Morgan fingerprint density at radius 2 is 2.16 bits per heavy atom. The van der Waals surface area contributed by atoms with E-state index in [4.69, 9.17) is 0 Å². The molecule has 1 N–H and O–H groups in total. The molecule has 19 heavy (non-hydrogen) atoms.